The van der Waals surface area contributed by atoms with Crippen molar-refractivity contribution in [3.05, 3.63) is 36.4 Å². The molecule has 0 amide bonds. The van der Waals surface area contributed by atoms with Crippen LogP contribution in [0.1, 0.15) is 5.82 Å². The van der Waals surface area contributed by atoms with Crippen molar-refractivity contribution in [1.29, 1.82) is 0 Å². The number of halogens is 1. The van der Waals surface area contributed by atoms with Crippen molar-refractivity contribution in [3.63, 3.8) is 0 Å². The first-order chi connectivity index (χ1) is 7.36. The molecule has 1 aromatic heterocycles. The number of para-hydroxylation sites is 2. The normalized spacial score (nSPS) is 10.3. The monoisotopic (exact) mass is 223 g/mol. The van der Waals surface area contributed by atoms with Crippen LogP contribution in [0.25, 0.3) is 5.69 Å². The van der Waals surface area contributed by atoms with E-state index in [9.17, 15) is 0 Å². The summed E-state index contributed by atoms with van der Waals surface area (Å²) in [5.41, 5.74) is 0.841. The Kier molecular flexibility index (Phi) is 2.87. The molecule has 0 bridgehead atoms. The number of benzene rings is 1. The van der Waals surface area contributed by atoms with E-state index in [0.717, 1.165) is 11.4 Å². The molecule has 0 aliphatic carbocycles. The number of aromatic nitrogens is 3. The SMILES string of the molecule is COc1ccccc1-n1ncnc1CCl. The molecule has 0 spiro atoms. The second-order valence-corrected chi connectivity index (χ2v) is 3.16. The van der Waals surface area contributed by atoms with E-state index in [0.29, 0.717) is 11.7 Å². The van der Waals surface area contributed by atoms with Crippen molar-refractivity contribution in [2.75, 3.05) is 7.11 Å². The van der Waals surface area contributed by atoms with Gasteiger partial charge in [-0.05, 0) is 12.1 Å². The summed E-state index contributed by atoms with van der Waals surface area (Å²) in [7, 11) is 1.62. The molecule has 0 saturated carbocycles. The molecule has 0 atom stereocenters. The molecule has 0 radical (unpaired) electrons. The van der Waals surface area contributed by atoms with Gasteiger partial charge in [0, 0.05) is 0 Å². The summed E-state index contributed by atoms with van der Waals surface area (Å²) >= 11 is 5.75. The Morgan fingerprint density at radius 1 is 1.40 bits per heavy atom. The Balaban J connectivity index is 2.53. The highest BCUT2D eigenvalue weighted by atomic mass is 35.5. The Morgan fingerprint density at radius 2 is 2.20 bits per heavy atom. The van der Waals surface area contributed by atoms with E-state index >= 15 is 0 Å². The molecule has 0 saturated heterocycles. The summed E-state index contributed by atoms with van der Waals surface area (Å²) in [6, 6.07) is 7.59. The third-order valence-electron chi connectivity index (χ3n) is 2.05. The Hall–Kier alpha value is -1.55. The Bertz CT molecular complexity index is 455. The number of alkyl halides is 1. The zero-order valence-corrected chi connectivity index (χ0v) is 8.98. The van der Waals surface area contributed by atoms with Crippen LogP contribution in [0, 0.1) is 0 Å². The van der Waals surface area contributed by atoms with E-state index in [1.165, 1.54) is 6.33 Å². The Labute approximate surface area is 92.5 Å². The van der Waals surface area contributed by atoms with Gasteiger partial charge in [-0.1, -0.05) is 12.1 Å². The summed E-state index contributed by atoms with van der Waals surface area (Å²) < 4.78 is 6.91. The average Bonchev–Trinajstić information content (AvgIpc) is 2.76. The van der Waals surface area contributed by atoms with Gasteiger partial charge in [0.2, 0.25) is 0 Å². The quantitative estimate of drug-likeness (QED) is 0.748. The fourth-order valence-electron chi connectivity index (χ4n) is 1.36. The minimum atomic E-state index is 0.318. The van der Waals surface area contributed by atoms with E-state index in [1.807, 2.05) is 24.3 Å². The molecule has 0 N–H and O–H groups in total. The summed E-state index contributed by atoms with van der Waals surface area (Å²) in [6.07, 6.45) is 1.48. The highest BCUT2D eigenvalue weighted by Gasteiger charge is 2.09. The maximum Gasteiger partial charge on any atom is 0.147 e. The zero-order valence-electron chi connectivity index (χ0n) is 8.22. The van der Waals surface area contributed by atoms with Crippen molar-refractivity contribution in [3.8, 4) is 11.4 Å². The lowest BCUT2D eigenvalue weighted by molar-refractivity contribution is 0.411. The van der Waals surface area contributed by atoms with Crippen LogP contribution in [0.2, 0.25) is 0 Å². The highest BCUT2D eigenvalue weighted by Crippen LogP contribution is 2.22. The van der Waals surface area contributed by atoms with E-state index < -0.39 is 0 Å². The van der Waals surface area contributed by atoms with Gasteiger partial charge in [-0.25, -0.2) is 9.67 Å². The molecular formula is C10H10ClN3O. The van der Waals surface area contributed by atoms with Crippen LogP contribution in [-0.4, -0.2) is 21.9 Å². The first-order valence-electron chi connectivity index (χ1n) is 4.45. The van der Waals surface area contributed by atoms with Crippen LogP contribution in [-0.2, 0) is 5.88 Å². The van der Waals surface area contributed by atoms with E-state index in [4.69, 9.17) is 16.3 Å². The van der Waals surface area contributed by atoms with Gasteiger partial charge in [0.15, 0.2) is 0 Å². The van der Waals surface area contributed by atoms with Crippen LogP contribution >= 0.6 is 11.6 Å². The molecule has 0 fully saturated rings. The lowest BCUT2D eigenvalue weighted by Gasteiger charge is -2.08. The topological polar surface area (TPSA) is 39.9 Å². The molecule has 5 heteroatoms. The van der Waals surface area contributed by atoms with Gasteiger partial charge in [0.05, 0.1) is 13.0 Å². The molecular weight excluding hydrogens is 214 g/mol. The largest absolute Gasteiger partial charge is 0.494 e. The maximum absolute atomic E-state index is 5.75. The third-order valence-corrected chi connectivity index (χ3v) is 2.29. The van der Waals surface area contributed by atoms with Crippen molar-refractivity contribution < 1.29 is 4.74 Å². The van der Waals surface area contributed by atoms with Gasteiger partial charge in [0.1, 0.15) is 23.6 Å². The summed E-state index contributed by atoms with van der Waals surface area (Å²) in [4.78, 5) is 4.05. The first kappa shape index (κ1) is 9.98. The van der Waals surface area contributed by atoms with Crippen LogP contribution < -0.4 is 4.74 Å². The third kappa shape index (κ3) is 1.80. The second kappa shape index (κ2) is 4.31. The van der Waals surface area contributed by atoms with Crippen molar-refractivity contribution in [2.24, 2.45) is 0 Å². The molecule has 4 nitrogen and oxygen atoms in total. The molecule has 0 aliphatic heterocycles. The predicted octanol–water partition coefficient (Wildman–Crippen LogP) is 2.01. The van der Waals surface area contributed by atoms with Crippen LogP contribution in [0.5, 0.6) is 5.75 Å². The van der Waals surface area contributed by atoms with E-state index in [1.54, 1.807) is 11.8 Å². The van der Waals surface area contributed by atoms with E-state index in [2.05, 4.69) is 10.1 Å². The average molecular weight is 224 g/mol. The van der Waals surface area contributed by atoms with E-state index in [-0.39, 0.29) is 0 Å². The molecule has 15 heavy (non-hydrogen) atoms. The van der Waals surface area contributed by atoms with Crippen molar-refractivity contribution in [1.82, 2.24) is 14.8 Å². The molecule has 2 rings (SSSR count). The summed E-state index contributed by atoms with van der Waals surface area (Å²) in [5.74, 6) is 1.76. The van der Waals surface area contributed by atoms with Crippen LogP contribution in [0.15, 0.2) is 30.6 Å². The number of nitrogens with zero attached hydrogens (tertiary/aromatic N) is 3. The number of hydrogen-bond acceptors (Lipinski definition) is 3. The van der Waals surface area contributed by atoms with Crippen LogP contribution in [0.3, 0.4) is 0 Å². The second-order valence-electron chi connectivity index (χ2n) is 2.89. The molecule has 0 aliphatic rings. The summed E-state index contributed by atoms with van der Waals surface area (Å²) in [6.45, 7) is 0. The smallest absolute Gasteiger partial charge is 0.147 e. The van der Waals surface area contributed by atoms with Gasteiger partial charge in [-0.15, -0.1) is 11.6 Å². The van der Waals surface area contributed by atoms with Crippen molar-refractivity contribution in [2.45, 2.75) is 5.88 Å². The molecule has 2 aromatic rings. The molecule has 78 valence electrons. The lowest BCUT2D eigenvalue weighted by Crippen LogP contribution is -2.03. The standard InChI is InChI=1S/C10H10ClN3O/c1-15-9-5-3-2-4-8(9)14-10(6-11)12-7-13-14/h2-5,7H,6H2,1H3. The fourth-order valence-corrected chi connectivity index (χ4v) is 1.54. The predicted molar refractivity (Wildman–Crippen MR) is 57.5 cm³/mol. The minimum absolute atomic E-state index is 0.318. The number of rotatable bonds is 3. The minimum Gasteiger partial charge on any atom is -0.494 e. The van der Waals surface area contributed by atoms with Gasteiger partial charge < -0.3 is 4.74 Å². The zero-order chi connectivity index (χ0) is 10.7. The van der Waals surface area contributed by atoms with Crippen molar-refractivity contribution >= 4 is 11.6 Å². The fraction of sp³-hybridized carbons (Fsp3) is 0.200. The molecule has 0 unspecified atom stereocenters. The van der Waals surface area contributed by atoms with Gasteiger partial charge in [-0.3, -0.25) is 0 Å². The highest BCUT2D eigenvalue weighted by molar-refractivity contribution is 6.16. The number of methoxy groups -OCH3 is 1. The van der Waals surface area contributed by atoms with Gasteiger partial charge in [-0.2, -0.15) is 5.10 Å². The van der Waals surface area contributed by atoms with Gasteiger partial charge in [0.25, 0.3) is 0 Å². The van der Waals surface area contributed by atoms with Crippen LogP contribution in [0.4, 0.5) is 0 Å². The molecule has 1 heterocycles. The lowest BCUT2D eigenvalue weighted by atomic mass is 10.3. The molecule has 1 aromatic carbocycles. The number of hydrogen-bond donors (Lipinski definition) is 0. The summed E-state index contributed by atoms with van der Waals surface area (Å²) in [5, 5.41) is 4.11. The Morgan fingerprint density at radius 3 is 2.93 bits per heavy atom. The first-order valence-corrected chi connectivity index (χ1v) is 4.98. The number of ether oxygens (including phenoxy) is 1. The van der Waals surface area contributed by atoms with Gasteiger partial charge >= 0.3 is 0 Å². The maximum atomic E-state index is 5.75.